The minimum atomic E-state index is -0.524. The molecule has 90 valence electrons. The predicted molar refractivity (Wildman–Crippen MR) is 61.1 cm³/mol. The Kier molecular flexibility index (Phi) is 4.95. The van der Waals surface area contributed by atoms with Gasteiger partial charge in [0.2, 0.25) is 11.8 Å². The fourth-order valence-corrected chi connectivity index (χ4v) is 1.23. The highest BCUT2D eigenvalue weighted by Gasteiger charge is 2.07. The summed E-state index contributed by atoms with van der Waals surface area (Å²) in [5.74, 6) is 0.485. The monoisotopic (exact) mass is 227 g/mol. The van der Waals surface area contributed by atoms with Crippen molar-refractivity contribution in [2.45, 2.75) is 26.7 Å². The van der Waals surface area contributed by atoms with Gasteiger partial charge in [-0.25, -0.2) is 4.98 Å². The van der Waals surface area contributed by atoms with Gasteiger partial charge >= 0.3 is 0 Å². The van der Waals surface area contributed by atoms with Crippen molar-refractivity contribution in [3.8, 4) is 5.88 Å². The summed E-state index contributed by atoms with van der Waals surface area (Å²) in [4.78, 5) is 7.62. The Labute approximate surface area is 95.3 Å². The van der Waals surface area contributed by atoms with Gasteiger partial charge in [-0.1, -0.05) is 13.8 Å². The van der Waals surface area contributed by atoms with Crippen LogP contribution < -0.4 is 10.1 Å². The summed E-state index contributed by atoms with van der Waals surface area (Å²) in [5, 5.41) is 2.73. The Morgan fingerprint density at radius 3 is 2.88 bits per heavy atom. The van der Waals surface area contributed by atoms with Gasteiger partial charge in [0.1, 0.15) is 0 Å². The Hall–Kier alpha value is -1.39. The van der Waals surface area contributed by atoms with E-state index in [4.69, 9.17) is 4.74 Å². The van der Waals surface area contributed by atoms with Crippen LogP contribution in [0, 0.1) is 11.7 Å². The molecular weight excluding hydrogens is 209 g/mol. The molecule has 1 aromatic heterocycles. The molecule has 0 spiro atoms. The number of aromatic nitrogens is 2. The average molecular weight is 227 g/mol. The predicted octanol–water partition coefficient (Wildman–Crippen LogP) is 2.47. The van der Waals surface area contributed by atoms with E-state index in [0.717, 1.165) is 19.0 Å². The van der Waals surface area contributed by atoms with Gasteiger partial charge in [0.25, 0.3) is 5.88 Å². The zero-order chi connectivity index (χ0) is 12.0. The number of hydrogen-bond acceptors (Lipinski definition) is 4. The highest BCUT2D eigenvalue weighted by molar-refractivity contribution is 5.27. The van der Waals surface area contributed by atoms with Gasteiger partial charge in [0.15, 0.2) is 0 Å². The minimum Gasteiger partial charge on any atom is -0.475 e. The number of rotatable bonds is 6. The molecule has 0 aromatic carbocycles. The number of nitrogens with zero attached hydrogens (tertiary/aromatic N) is 2. The van der Waals surface area contributed by atoms with Crippen LogP contribution in [0.4, 0.5) is 10.3 Å². The average Bonchev–Trinajstić information content (AvgIpc) is 2.26. The van der Waals surface area contributed by atoms with Crippen molar-refractivity contribution in [2.75, 3.05) is 19.0 Å². The van der Waals surface area contributed by atoms with E-state index in [1.807, 2.05) is 0 Å². The third-order valence-corrected chi connectivity index (χ3v) is 2.10. The van der Waals surface area contributed by atoms with E-state index in [9.17, 15) is 4.39 Å². The number of hydrogen-bond donors (Lipinski definition) is 1. The first-order chi connectivity index (χ1) is 7.63. The minimum absolute atomic E-state index is 0.0168. The summed E-state index contributed by atoms with van der Waals surface area (Å²) in [6.45, 7) is 4.77. The SMILES string of the molecule is CNc1ncc(F)c(OCCCC(C)C)n1. The molecule has 4 nitrogen and oxygen atoms in total. The standard InChI is InChI=1S/C11H18FN3O/c1-8(2)5-4-6-16-10-9(12)7-14-11(13-3)15-10/h7-8H,4-6H2,1-3H3,(H,13,14,15). The molecule has 0 unspecified atom stereocenters. The number of nitrogens with one attached hydrogen (secondary N) is 1. The van der Waals surface area contributed by atoms with Gasteiger partial charge < -0.3 is 10.1 Å². The Bertz CT molecular complexity index is 331. The summed E-state index contributed by atoms with van der Waals surface area (Å²) in [6.07, 6.45) is 3.07. The summed E-state index contributed by atoms with van der Waals surface area (Å²) in [7, 11) is 1.68. The van der Waals surface area contributed by atoms with Gasteiger partial charge in [-0.15, -0.1) is 0 Å². The lowest BCUT2D eigenvalue weighted by Gasteiger charge is -2.08. The van der Waals surface area contributed by atoms with Crippen molar-refractivity contribution in [1.82, 2.24) is 9.97 Å². The van der Waals surface area contributed by atoms with Crippen molar-refractivity contribution in [2.24, 2.45) is 5.92 Å². The van der Waals surface area contributed by atoms with Crippen LogP contribution in [0.5, 0.6) is 5.88 Å². The Morgan fingerprint density at radius 2 is 2.25 bits per heavy atom. The van der Waals surface area contributed by atoms with Crippen LogP contribution in [0.3, 0.4) is 0 Å². The highest BCUT2D eigenvalue weighted by Crippen LogP contribution is 2.15. The van der Waals surface area contributed by atoms with E-state index in [0.29, 0.717) is 18.5 Å². The van der Waals surface area contributed by atoms with Crippen molar-refractivity contribution < 1.29 is 9.13 Å². The lowest BCUT2D eigenvalue weighted by molar-refractivity contribution is 0.272. The highest BCUT2D eigenvalue weighted by atomic mass is 19.1. The van der Waals surface area contributed by atoms with Crippen LogP contribution in [0.25, 0.3) is 0 Å². The second kappa shape index (κ2) is 6.25. The van der Waals surface area contributed by atoms with E-state index in [-0.39, 0.29) is 5.88 Å². The first-order valence-electron chi connectivity index (χ1n) is 5.46. The second-order valence-corrected chi connectivity index (χ2v) is 3.98. The quantitative estimate of drug-likeness (QED) is 0.758. The topological polar surface area (TPSA) is 47.0 Å². The molecule has 0 saturated carbocycles. The molecule has 0 aliphatic carbocycles. The van der Waals surface area contributed by atoms with Crippen LogP contribution in [0.15, 0.2) is 6.20 Å². The maximum absolute atomic E-state index is 13.2. The van der Waals surface area contributed by atoms with Gasteiger partial charge in [0.05, 0.1) is 12.8 Å². The number of anilines is 1. The third-order valence-electron chi connectivity index (χ3n) is 2.10. The van der Waals surface area contributed by atoms with Gasteiger partial charge in [-0.3, -0.25) is 0 Å². The Morgan fingerprint density at radius 1 is 1.50 bits per heavy atom. The molecule has 0 atom stereocenters. The maximum Gasteiger partial charge on any atom is 0.255 e. The van der Waals surface area contributed by atoms with Crippen LogP contribution in [-0.2, 0) is 0 Å². The van der Waals surface area contributed by atoms with Crippen LogP contribution in [0.1, 0.15) is 26.7 Å². The van der Waals surface area contributed by atoms with Gasteiger partial charge in [0, 0.05) is 7.05 Å². The molecule has 0 aliphatic heterocycles. The number of halogens is 1. The Balaban J connectivity index is 2.46. The van der Waals surface area contributed by atoms with E-state index >= 15 is 0 Å². The molecule has 0 aliphatic rings. The first kappa shape index (κ1) is 12.7. The molecule has 0 fully saturated rings. The van der Waals surface area contributed by atoms with Gasteiger partial charge in [-0.2, -0.15) is 9.37 Å². The summed E-state index contributed by atoms with van der Waals surface area (Å²) < 4.78 is 18.5. The normalized spacial score (nSPS) is 10.6. The van der Waals surface area contributed by atoms with Crippen LogP contribution in [0.2, 0.25) is 0 Å². The van der Waals surface area contributed by atoms with Crippen molar-refractivity contribution >= 4 is 5.95 Å². The van der Waals surface area contributed by atoms with Crippen LogP contribution in [-0.4, -0.2) is 23.6 Å². The zero-order valence-corrected chi connectivity index (χ0v) is 9.96. The molecule has 1 N–H and O–H groups in total. The van der Waals surface area contributed by atoms with Crippen molar-refractivity contribution in [1.29, 1.82) is 0 Å². The fraction of sp³-hybridized carbons (Fsp3) is 0.636. The van der Waals surface area contributed by atoms with E-state index in [2.05, 4.69) is 29.1 Å². The first-order valence-corrected chi connectivity index (χ1v) is 5.46. The summed E-state index contributed by atoms with van der Waals surface area (Å²) >= 11 is 0. The smallest absolute Gasteiger partial charge is 0.255 e. The molecule has 0 saturated heterocycles. The van der Waals surface area contributed by atoms with Crippen molar-refractivity contribution in [3.05, 3.63) is 12.0 Å². The lowest BCUT2D eigenvalue weighted by Crippen LogP contribution is -2.05. The zero-order valence-electron chi connectivity index (χ0n) is 9.96. The molecule has 1 heterocycles. The van der Waals surface area contributed by atoms with Crippen LogP contribution >= 0.6 is 0 Å². The third kappa shape index (κ3) is 4.00. The van der Waals surface area contributed by atoms with E-state index < -0.39 is 5.82 Å². The molecule has 5 heteroatoms. The van der Waals surface area contributed by atoms with E-state index in [1.165, 1.54) is 0 Å². The molecule has 0 radical (unpaired) electrons. The molecular formula is C11H18FN3O. The molecule has 1 rings (SSSR count). The summed E-state index contributed by atoms with van der Waals surface area (Å²) in [6, 6.07) is 0. The molecule has 1 aromatic rings. The largest absolute Gasteiger partial charge is 0.475 e. The van der Waals surface area contributed by atoms with Crippen molar-refractivity contribution in [3.63, 3.8) is 0 Å². The summed E-state index contributed by atoms with van der Waals surface area (Å²) in [5.41, 5.74) is 0. The lowest BCUT2D eigenvalue weighted by atomic mass is 10.1. The fourth-order valence-electron chi connectivity index (χ4n) is 1.23. The van der Waals surface area contributed by atoms with Gasteiger partial charge in [-0.05, 0) is 18.8 Å². The molecule has 0 bridgehead atoms. The second-order valence-electron chi connectivity index (χ2n) is 3.98. The maximum atomic E-state index is 13.2. The number of ether oxygens (including phenoxy) is 1. The molecule has 0 amide bonds. The van der Waals surface area contributed by atoms with E-state index in [1.54, 1.807) is 7.05 Å². The molecule has 16 heavy (non-hydrogen) atoms.